The monoisotopic (exact) mass is 1040 g/mol. The second-order valence-electron chi connectivity index (χ2n) is 0. The Balaban J connectivity index is 0. The fourth-order valence-corrected chi connectivity index (χ4v) is 0. The minimum Gasteiger partial charge on any atom is 0 e. The van der Waals surface area contributed by atoms with Gasteiger partial charge in [-0.1, -0.05) is 0 Å². The molecule has 0 aromatic heterocycles. The van der Waals surface area contributed by atoms with E-state index in [0.717, 1.165) is 0 Å². The third-order valence-corrected chi connectivity index (χ3v) is 0. The van der Waals surface area contributed by atoms with Gasteiger partial charge in [-0.15, -0.1) is 0 Å². The summed E-state index contributed by atoms with van der Waals surface area (Å²) in [5.74, 6) is 0. The van der Waals surface area contributed by atoms with E-state index in [9.17, 15) is 0 Å². The van der Waals surface area contributed by atoms with Crippen LogP contribution in [0.25, 0.3) is 0 Å². The molecule has 0 heterocycles. The van der Waals surface area contributed by atoms with Crippen molar-refractivity contribution in [2.45, 2.75) is 0 Å². The number of hydrogen-bond donors (Lipinski definition) is 0. The van der Waals surface area contributed by atoms with Gasteiger partial charge in [0.15, 0.2) is 0 Å². The van der Waals surface area contributed by atoms with Crippen LogP contribution in [0.3, 0.4) is 0 Å². The summed E-state index contributed by atoms with van der Waals surface area (Å²) >= 11 is 0. The Hall–Kier alpha value is 6.56. The average Bonchev–Trinajstić information content (AvgIpc) is 0. The van der Waals surface area contributed by atoms with Crippen LogP contribution in [-0.4, -0.2) is 0 Å². The van der Waals surface area contributed by atoms with Crippen LogP contribution in [0, 0.1) is 0 Å². The third kappa shape index (κ3) is 62.2. The fraction of sp³-hybridized carbons (Fsp3) is 0. The summed E-state index contributed by atoms with van der Waals surface area (Å²) in [5.41, 5.74) is 0. The fourth-order valence-electron chi connectivity index (χ4n) is 0. The maximum atomic E-state index is 0. The smallest absolute Gasteiger partial charge is 0 e. The molecule has 0 saturated carbocycles. The number of hydrogen-bond acceptors (Lipinski definition) is 0. The molecular formula is CrCuMoNbNiPd2PtWZr. The van der Waals surface area contributed by atoms with E-state index in [-0.39, 0.29) is 204 Å². The predicted octanol–water partition coefficient (Wildman–Crippen LogP) is -0.0250. The molecule has 0 nitrogen and oxygen atoms in total. The van der Waals surface area contributed by atoms with Gasteiger partial charge in [0.05, 0.1) is 0 Å². The Morgan fingerprint density at radius 1 is 0.900 bits per heavy atom. The topological polar surface area (TPSA) is 0 Å². The Bertz CT molecular complexity index is 31.2. The quantitative estimate of drug-likeness (QED) is 0.300. The van der Waals surface area contributed by atoms with E-state index in [1.807, 2.05) is 0 Å². The number of rotatable bonds is 0. The maximum Gasteiger partial charge on any atom is 0 e. The molecule has 10 heavy (non-hydrogen) atoms. The van der Waals surface area contributed by atoms with Crippen LogP contribution in [0.4, 0.5) is 0 Å². The minimum atomic E-state index is 0. The van der Waals surface area contributed by atoms with Gasteiger partial charge in [0.2, 0.25) is 0 Å². The summed E-state index contributed by atoms with van der Waals surface area (Å²) < 4.78 is 0. The van der Waals surface area contributed by atoms with Crippen LogP contribution < -0.4 is 0 Å². The van der Waals surface area contributed by atoms with Crippen LogP contribution in [0.1, 0.15) is 0 Å². The van der Waals surface area contributed by atoms with E-state index < -0.39 is 0 Å². The van der Waals surface area contributed by atoms with Crippen molar-refractivity contribution in [3.8, 4) is 0 Å². The predicted molar refractivity (Wildman–Crippen MR) is 0 cm³/mol. The van der Waals surface area contributed by atoms with Gasteiger partial charge in [0, 0.05) is 204 Å². The zero-order valence-corrected chi connectivity index (χ0v) is 21.9. The molecule has 0 bridgehead atoms. The first-order valence-corrected chi connectivity index (χ1v) is 0. The van der Waals surface area contributed by atoms with E-state index >= 15 is 0 Å². The first-order chi connectivity index (χ1) is 0. The zero-order chi connectivity index (χ0) is 0. The largest absolute Gasteiger partial charge is 0 e. The molecule has 0 rings (SSSR count). The van der Waals surface area contributed by atoms with Gasteiger partial charge in [-0.25, -0.2) is 0 Å². The van der Waals surface area contributed by atoms with Crippen molar-refractivity contribution in [1.82, 2.24) is 0 Å². The third-order valence-electron chi connectivity index (χ3n) is 0. The average molecular weight is 1050 g/mol. The van der Waals surface area contributed by atoms with Crippen LogP contribution in [0.15, 0.2) is 0 Å². The van der Waals surface area contributed by atoms with Crippen molar-refractivity contribution in [1.29, 1.82) is 0 Å². The molecule has 0 amide bonds. The zero-order valence-electron chi connectivity index (χ0n) is 3.74. The van der Waals surface area contributed by atoms with Gasteiger partial charge < -0.3 is 0 Å². The SMILES string of the molecule is [Cr].[Cu].[Mo].[Nb].[Ni].[Pd].[Pd].[Pt].[W].[Zr]. The normalized spacial score (nSPS) is 0. The molecule has 78 valence electrons. The Morgan fingerprint density at radius 3 is 0.900 bits per heavy atom. The second-order valence-corrected chi connectivity index (χ2v) is 0. The Kier molecular flexibility index (Phi) is 714. The molecule has 0 aliphatic heterocycles. The molecule has 0 spiro atoms. The summed E-state index contributed by atoms with van der Waals surface area (Å²) in [4.78, 5) is 0. The molecular weight excluding hydrogens is 1050 g/mol. The molecule has 0 unspecified atom stereocenters. The molecule has 0 saturated heterocycles. The molecule has 0 aromatic rings. The standard InChI is InChI=1S/Cr.Cu.Mo.Nb.Ni.2Pd.Pt.W.Zr. The van der Waals surface area contributed by atoms with Crippen molar-refractivity contribution >= 4 is 0 Å². The molecule has 10 heteroatoms. The van der Waals surface area contributed by atoms with Crippen LogP contribution in [0.5, 0.6) is 0 Å². The first-order valence-electron chi connectivity index (χ1n) is 0. The summed E-state index contributed by atoms with van der Waals surface area (Å²) in [5, 5.41) is 0. The Morgan fingerprint density at radius 2 is 0.900 bits per heavy atom. The van der Waals surface area contributed by atoms with E-state index in [2.05, 4.69) is 0 Å². The molecule has 0 aromatic carbocycles. The van der Waals surface area contributed by atoms with Gasteiger partial charge in [0.25, 0.3) is 0 Å². The summed E-state index contributed by atoms with van der Waals surface area (Å²) in [6, 6.07) is 0. The van der Waals surface area contributed by atoms with Crippen LogP contribution >= 0.6 is 0 Å². The molecule has 0 aliphatic carbocycles. The van der Waals surface area contributed by atoms with Crippen molar-refractivity contribution in [2.75, 3.05) is 0 Å². The van der Waals surface area contributed by atoms with E-state index in [4.69, 9.17) is 0 Å². The molecule has 0 N–H and O–H groups in total. The molecule has 2 radical (unpaired) electrons. The first kappa shape index (κ1) is 93.2. The molecule has 0 fully saturated rings. The Labute approximate surface area is 198 Å². The molecule has 0 atom stereocenters. The molecule has 0 aliphatic rings. The van der Waals surface area contributed by atoms with Crippen LogP contribution in [-0.2, 0) is 204 Å². The van der Waals surface area contributed by atoms with Gasteiger partial charge >= 0.3 is 0 Å². The minimum absolute atomic E-state index is 0. The summed E-state index contributed by atoms with van der Waals surface area (Å²) in [7, 11) is 0. The van der Waals surface area contributed by atoms with Gasteiger partial charge in [-0.2, -0.15) is 0 Å². The van der Waals surface area contributed by atoms with E-state index in [1.54, 1.807) is 0 Å². The van der Waals surface area contributed by atoms with Crippen molar-refractivity contribution < 1.29 is 204 Å². The van der Waals surface area contributed by atoms with E-state index in [1.165, 1.54) is 0 Å². The van der Waals surface area contributed by atoms with Crippen LogP contribution in [0.2, 0.25) is 0 Å². The summed E-state index contributed by atoms with van der Waals surface area (Å²) in [6.07, 6.45) is 0. The van der Waals surface area contributed by atoms with Crippen molar-refractivity contribution in [3.63, 3.8) is 0 Å². The van der Waals surface area contributed by atoms with Gasteiger partial charge in [-0.3, -0.25) is 0 Å². The van der Waals surface area contributed by atoms with Crippen molar-refractivity contribution in [3.05, 3.63) is 0 Å². The second kappa shape index (κ2) is 76.7. The maximum absolute atomic E-state index is 0. The van der Waals surface area contributed by atoms with Crippen molar-refractivity contribution in [2.24, 2.45) is 0 Å². The van der Waals surface area contributed by atoms with Gasteiger partial charge in [-0.05, 0) is 0 Å². The van der Waals surface area contributed by atoms with E-state index in [0.29, 0.717) is 0 Å². The summed E-state index contributed by atoms with van der Waals surface area (Å²) in [6.45, 7) is 0. The van der Waals surface area contributed by atoms with Gasteiger partial charge in [0.1, 0.15) is 0 Å².